The second kappa shape index (κ2) is 7.61. The molecule has 18 heavy (non-hydrogen) atoms. The first-order valence-corrected chi connectivity index (χ1v) is 6.75. The van der Waals surface area contributed by atoms with Crippen LogP contribution in [0, 0.1) is 0 Å². The fraction of sp³-hybridized carbons (Fsp3) is 0.538. The van der Waals surface area contributed by atoms with Gasteiger partial charge in [-0.15, -0.1) is 0 Å². The molecule has 0 saturated heterocycles. The summed E-state index contributed by atoms with van der Waals surface area (Å²) in [5.41, 5.74) is 1.07. The van der Waals surface area contributed by atoms with Crippen molar-refractivity contribution in [3.63, 3.8) is 0 Å². The number of benzene rings is 1. The third kappa shape index (κ3) is 4.15. The average molecular weight is 318 g/mol. The van der Waals surface area contributed by atoms with Crippen molar-refractivity contribution in [3.8, 4) is 11.5 Å². The quantitative estimate of drug-likeness (QED) is 0.810. The summed E-state index contributed by atoms with van der Waals surface area (Å²) in [5, 5.41) is 12.2. The van der Waals surface area contributed by atoms with Crippen molar-refractivity contribution < 1.29 is 14.6 Å². The minimum Gasteiger partial charge on any atom is -0.493 e. The zero-order chi connectivity index (χ0) is 13.5. The van der Waals surface area contributed by atoms with Crippen LogP contribution in [0.15, 0.2) is 16.6 Å². The third-order valence-corrected chi connectivity index (χ3v) is 3.10. The first-order chi connectivity index (χ1) is 8.62. The summed E-state index contributed by atoms with van der Waals surface area (Å²) in [4.78, 5) is 0. The Morgan fingerprint density at radius 3 is 2.72 bits per heavy atom. The molecule has 1 aromatic rings. The molecule has 0 aliphatic heterocycles. The number of ether oxygens (including phenoxy) is 2. The molecule has 1 rings (SSSR count). The van der Waals surface area contributed by atoms with E-state index in [4.69, 9.17) is 14.6 Å². The van der Waals surface area contributed by atoms with Gasteiger partial charge in [0.15, 0.2) is 11.5 Å². The fourth-order valence-electron chi connectivity index (χ4n) is 1.52. The summed E-state index contributed by atoms with van der Waals surface area (Å²) in [6, 6.07) is 4.00. The molecule has 0 aromatic heterocycles. The molecule has 102 valence electrons. The van der Waals surface area contributed by atoms with Crippen molar-refractivity contribution in [1.82, 2.24) is 5.32 Å². The third-order valence-electron chi connectivity index (χ3n) is 2.51. The van der Waals surface area contributed by atoms with E-state index in [0.29, 0.717) is 18.9 Å². The van der Waals surface area contributed by atoms with Gasteiger partial charge in [-0.05, 0) is 47.5 Å². The predicted octanol–water partition coefficient (Wildman–Crippen LogP) is 2.33. The van der Waals surface area contributed by atoms with Gasteiger partial charge in [0, 0.05) is 12.6 Å². The number of aliphatic hydroxyl groups is 1. The van der Waals surface area contributed by atoms with Crippen LogP contribution in [0.2, 0.25) is 0 Å². The lowest BCUT2D eigenvalue weighted by atomic mass is 10.2. The first kappa shape index (κ1) is 15.3. The van der Waals surface area contributed by atoms with Gasteiger partial charge in [0.1, 0.15) is 0 Å². The van der Waals surface area contributed by atoms with Crippen LogP contribution in [-0.4, -0.2) is 31.5 Å². The summed E-state index contributed by atoms with van der Waals surface area (Å²) in [7, 11) is 1.62. The second-order valence-electron chi connectivity index (χ2n) is 4.01. The van der Waals surface area contributed by atoms with Crippen molar-refractivity contribution in [1.29, 1.82) is 0 Å². The van der Waals surface area contributed by atoms with Crippen molar-refractivity contribution in [3.05, 3.63) is 22.2 Å². The highest BCUT2D eigenvalue weighted by Gasteiger charge is 2.11. The predicted molar refractivity (Wildman–Crippen MR) is 75.3 cm³/mol. The van der Waals surface area contributed by atoms with E-state index in [1.54, 1.807) is 7.11 Å². The van der Waals surface area contributed by atoms with Gasteiger partial charge in [-0.3, -0.25) is 0 Å². The standard InChI is InChI=1S/C13H20BrNO3/c1-4-18-13-11(14)5-10(6-12(13)17-3)7-15-9(2)8-16/h5-6,9,15-16H,4,7-8H2,1-3H3/t9-/m1/s1. The molecule has 0 unspecified atom stereocenters. The highest BCUT2D eigenvalue weighted by molar-refractivity contribution is 9.10. The number of hydrogen-bond donors (Lipinski definition) is 2. The van der Waals surface area contributed by atoms with Crippen LogP contribution in [0.3, 0.4) is 0 Å². The Balaban J connectivity index is 2.85. The van der Waals surface area contributed by atoms with Crippen molar-refractivity contribution >= 4 is 15.9 Å². The minimum absolute atomic E-state index is 0.0707. The number of nitrogens with one attached hydrogen (secondary N) is 1. The number of aliphatic hydroxyl groups excluding tert-OH is 1. The molecule has 0 heterocycles. The molecule has 0 aliphatic carbocycles. The Morgan fingerprint density at radius 1 is 1.44 bits per heavy atom. The molecule has 0 aliphatic rings. The summed E-state index contributed by atoms with van der Waals surface area (Å²) >= 11 is 3.48. The second-order valence-corrected chi connectivity index (χ2v) is 4.86. The monoisotopic (exact) mass is 317 g/mol. The normalized spacial score (nSPS) is 12.3. The number of methoxy groups -OCH3 is 1. The number of hydrogen-bond acceptors (Lipinski definition) is 4. The summed E-state index contributed by atoms with van der Waals surface area (Å²) in [6.45, 7) is 5.25. The zero-order valence-corrected chi connectivity index (χ0v) is 12.6. The molecule has 5 heteroatoms. The van der Waals surface area contributed by atoms with Gasteiger partial charge in [-0.1, -0.05) is 0 Å². The molecule has 0 fully saturated rings. The zero-order valence-electron chi connectivity index (χ0n) is 11.0. The van der Waals surface area contributed by atoms with E-state index in [1.807, 2.05) is 26.0 Å². The van der Waals surface area contributed by atoms with Crippen LogP contribution in [-0.2, 0) is 6.54 Å². The molecule has 0 amide bonds. The minimum atomic E-state index is 0.0707. The van der Waals surface area contributed by atoms with Crippen LogP contribution < -0.4 is 14.8 Å². The lowest BCUT2D eigenvalue weighted by Gasteiger charge is -2.15. The Kier molecular flexibility index (Phi) is 6.46. The largest absolute Gasteiger partial charge is 0.493 e. The van der Waals surface area contributed by atoms with Crippen LogP contribution in [0.4, 0.5) is 0 Å². The SMILES string of the molecule is CCOc1c(Br)cc(CN[C@H](C)CO)cc1OC. The Hall–Kier alpha value is -0.780. The van der Waals surface area contributed by atoms with Gasteiger partial charge in [0.2, 0.25) is 0 Å². The van der Waals surface area contributed by atoms with E-state index in [1.165, 1.54) is 0 Å². The highest BCUT2D eigenvalue weighted by atomic mass is 79.9. The number of rotatable bonds is 7. The van der Waals surface area contributed by atoms with Crippen molar-refractivity contribution in [2.45, 2.75) is 26.4 Å². The van der Waals surface area contributed by atoms with E-state index in [9.17, 15) is 0 Å². The van der Waals surface area contributed by atoms with Crippen molar-refractivity contribution in [2.75, 3.05) is 20.3 Å². The van der Waals surface area contributed by atoms with E-state index >= 15 is 0 Å². The van der Waals surface area contributed by atoms with Crippen LogP contribution >= 0.6 is 15.9 Å². The molecule has 0 spiro atoms. The lowest BCUT2D eigenvalue weighted by Crippen LogP contribution is -2.28. The summed E-state index contributed by atoms with van der Waals surface area (Å²) in [5.74, 6) is 1.43. The smallest absolute Gasteiger partial charge is 0.175 e. The van der Waals surface area contributed by atoms with Gasteiger partial charge in [-0.2, -0.15) is 0 Å². The van der Waals surface area contributed by atoms with E-state index < -0.39 is 0 Å². The molecule has 1 aromatic carbocycles. The van der Waals surface area contributed by atoms with Crippen LogP contribution in [0.1, 0.15) is 19.4 Å². The molecular formula is C13H20BrNO3. The molecule has 1 atom stereocenters. The highest BCUT2D eigenvalue weighted by Crippen LogP contribution is 2.36. The maximum atomic E-state index is 8.97. The molecule has 2 N–H and O–H groups in total. The first-order valence-electron chi connectivity index (χ1n) is 5.95. The summed E-state index contributed by atoms with van der Waals surface area (Å²) < 4.78 is 11.7. The number of halogens is 1. The lowest BCUT2D eigenvalue weighted by molar-refractivity contribution is 0.251. The average Bonchev–Trinajstić information content (AvgIpc) is 2.38. The van der Waals surface area contributed by atoms with E-state index in [2.05, 4.69) is 21.2 Å². The molecule has 0 bridgehead atoms. The molecule has 0 radical (unpaired) electrons. The topological polar surface area (TPSA) is 50.7 Å². The van der Waals surface area contributed by atoms with Gasteiger partial charge in [0.25, 0.3) is 0 Å². The van der Waals surface area contributed by atoms with Crippen molar-refractivity contribution in [2.24, 2.45) is 0 Å². The van der Waals surface area contributed by atoms with E-state index in [-0.39, 0.29) is 12.6 Å². The maximum absolute atomic E-state index is 8.97. The summed E-state index contributed by atoms with van der Waals surface area (Å²) in [6.07, 6.45) is 0. The van der Waals surface area contributed by atoms with Crippen LogP contribution in [0.25, 0.3) is 0 Å². The molecule has 0 saturated carbocycles. The Bertz CT molecular complexity index is 385. The Morgan fingerprint density at radius 2 is 2.17 bits per heavy atom. The van der Waals surface area contributed by atoms with Gasteiger partial charge >= 0.3 is 0 Å². The van der Waals surface area contributed by atoms with Crippen LogP contribution in [0.5, 0.6) is 11.5 Å². The molecular weight excluding hydrogens is 298 g/mol. The van der Waals surface area contributed by atoms with Gasteiger partial charge in [-0.25, -0.2) is 0 Å². The van der Waals surface area contributed by atoms with Gasteiger partial charge < -0.3 is 19.9 Å². The van der Waals surface area contributed by atoms with Gasteiger partial charge in [0.05, 0.1) is 24.8 Å². The Labute approximate surface area is 116 Å². The maximum Gasteiger partial charge on any atom is 0.175 e. The van der Waals surface area contributed by atoms with E-state index in [0.717, 1.165) is 15.8 Å². The fourth-order valence-corrected chi connectivity index (χ4v) is 2.12. The molecule has 4 nitrogen and oxygen atoms in total.